The van der Waals surface area contributed by atoms with E-state index in [0.29, 0.717) is 5.69 Å². The van der Waals surface area contributed by atoms with Gasteiger partial charge in [0.2, 0.25) is 0 Å². The van der Waals surface area contributed by atoms with Crippen LogP contribution in [0.25, 0.3) is 0 Å². The van der Waals surface area contributed by atoms with Gasteiger partial charge in [0.1, 0.15) is 5.69 Å². The van der Waals surface area contributed by atoms with Crippen LogP contribution in [0.5, 0.6) is 0 Å². The minimum atomic E-state index is -0.232. The lowest BCUT2D eigenvalue weighted by Crippen LogP contribution is -2.57. The summed E-state index contributed by atoms with van der Waals surface area (Å²) in [7, 11) is 0. The van der Waals surface area contributed by atoms with Crippen molar-refractivity contribution in [2.24, 2.45) is 0 Å². The molecule has 0 saturated carbocycles. The zero-order valence-corrected chi connectivity index (χ0v) is 13.3. The van der Waals surface area contributed by atoms with Crippen molar-refractivity contribution in [1.29, 1.82) is 0 Å². The van der Waals surface area contributed by atoms with Crippen LogP contribution < -0.4 is 4.90 Å². The lowest BCUT2D eigenvalue weighted by Gasteiger charge is -2.47. The predicted molar refractivity (Wildman–Crippen MR) is 78.6 cm³/mol. The number of alkyl halides is 1. The van der Waals surface area contributed by atoms with Gasteiger partial charge in [-0.25, -0.2) is 4.98 Å². The van der Waals surface area contributed by atoms with Crippen molar-refractivity contribution in [3.05, 3.63) is 11.1 Å². The molecule has 0 bridgehead atoms. The minimum Gasteiger partial charge on any atom is -0.366 e. The van der Waals surface area contributed by atoms with Crippen LogP contribution >= 0.6 is 22.9 Å². The quantitative estimate of drug-likeness (QED) is 0.636. The van der Waals surface area contributed by atoms with Crippen molar-refractivity contribution in [2.75, 3.05) is 23.9 Å². The second kappa shape index (κ2) is 5.04. The molecule has 1 saturated heterocycles. The first kappa shape index (κ1) is 14.8. The maximum Gasteiger partial charge on any atom is 0.196 e. The fraction of sp³-hybridized carbons (Fsp3) is 0.692. The highest BCUT2D eigenvalue weighted by Crippen LogP contribution is 2.32. The van der Waals surface area contributed by atoms with Crippen LogP contribution in [0.1, 0.15) is 38.2 Å². The lowest BCUT2D eigenvalue weighted by molar-refractivity contribution is -0.133. The number of thiazole rings is 1. The second-order valence-electron chi connectivity index (χ2n) is 6.05. The molecule has 0 N–H and O–H groups in total. The van der Waals surface area contributed by atoms with Crippen LogP contribution in [0.2, 0.25) is 0 Å². The molecule has 1 aromatic rings. The van der Waals surface area contributed by atoms with E-state index in [4.69, 9.17) is 16.3 Å². The molecule has 0 amide bonds. The Hall–Kier alpha value is -0.650. The maximum absolute atomic E-state index is 11.5. The van der Waals surface area contributed by atoms with Crippen molar-refractivity contribution in [3.63, 3.8) is 0 Å². The van der Waals surface area contributed by atoms with Gasteiger partial charge in [0.05, 0.1) is 17.1 Å². The zero-order valence-electron chi connectivity index (χ0n) is 11.7. The van der Waals surface area contributed by atoms with Crippen LogP contribution in [-0.2, 0) is 4.74 Å². The number of ketones is 1. The highest BCUT2D eigenvalue weighted by Gasteiger charge is 2.39. The molecule has 2 heterocycles. The first-order valence-corrected chi connectivity index (χ1v) is 7.64. The average Bonchev–Trinajstić information content (AvgIpc) is 2.73. The first-order chi connectivity index (χ1) is 8.72. The molecule has 0 atom stereocenters. The molecule has 19 heavy (non-hydrogen) atoms. The molecule has 0 spiro atoms. The van der Waals surface area contributed by atoms with Gasteiger partial charge in [-0.05, 0) is 27.7 Å². The molecule has 106 valence electrons. The number of nitrogens with zero attached hydrogens (tertiary/aromatic N) is 2. The van der Waals surface area contributed by atoms with Crippen LogP contribution in [-0.4, -0.2) is 40.9 Å². The molecular formula is C13H19ClN2O2S. The smallest absolute Gasteiger partial charge is 0.196 e. The number of rotatable bonds is 3. The van der Waals surface area contributed by atoms with Gasteiger partial charge in [0.15, 0.2) is 10.9 Å². The van der Waals surface area contributed by atoms with E-state index in [1.807, 2.05) is 0 Å². The van der Waals surface area contributed by atoms with Gasteiger partial charge in [-0.2, -0.15) is 0 Å². The predicted octanol–water partition coefficient (Wildman–Crippen LogP) is 2.96. The van der Waals surface area contributed by atoms with Crippen molar-refractivity contribution < 1.29 is 9.53 Å². The number of halogens is 1. The molecular weight excluding hydrogens is 284 g/mol. The molecule has 4 nitrogen and oxygen atoms in total. The third-order valence-electron chi connectivity index (χ3n) is 2.87. The number of carbonyl (C=O) groups excluding carboxylic acids is 1. The summed E-state index contributed by atoms with van der Waals surface area (Å²) in [4.78, 5) is 18.1. The number of Topliss-reactive ketones (excluding diaryl/α,β-unsaturated/α-hetero) is 1. The van der Waals surface area contributed by atoms with Crippen molar-refractivity contribution in [3.8, 4) is 0 Å². The minimum absolute atomic E-state index is 0.0245. The van der Waals surface area contributed by atoms with Gasteiger partial charge in [0, 0.05) is 18.5 Å². The van der Waals surface area contributed by atoms with Gasteiger partial charge < -0.3 is 9.64 Å². The Morgan fingerprint density at radius 1 is 1.42 bits per heavy atom. The maximum atomic E-state index is 11.5. The van der Waals surface area contributed by atoms with Gasteiger partial charge in [-0.15, -0.1) is 22.9 Å². The fourth-order valence-corrected chi connectivity index (χ4v) is 3.50. The van der Waals surface area contributed by atoms with Crippen molar-refractivity contribution in [1.82, 2.24) is 4.98 Å². The molecule has 0 aromatic carbocycles. The van der Waals surface area contributed by atoms with Crippen molar-refractivity contribution in [2.45, 2.75) is 38.9 Å². The van der Waals surface area contributed by atoms with Gasteiger partial charge in [-0.3, -0.25) is 4.79 Å². The molecule has 0 unspecified atom stereocenters. The molecule has 1 fully saturated rings. The fourth-order valence-electron chi connectivity index (χ4n) is 2.53. The topological polar surface area (TPSA) is 42.4 Å². The standard InChI is InChI=1S/C13H19ClN2O2S/c1-12(2)7-16(8-13(3,4)18-12)11-15-9(6-19-11)10(17)5-14/h6H,5,7-8H2,1-4H3. The largest absolute Gasteiger partial charge is 0.366 e. The van der Waals surface area contributed by atoms with Crippen LogP contribution in [0.4, 0.5) is 5.13 Å². The van der Waals surface area contributed by atoms with E-state index in [0.717, 1.165) is 18.2 Å². The van der Waals surface area contributed by atoms with Crippen LogP contribution in [0, 0.1) is 0 Å². The molecule has 1 aliphatic heterocycles. The number of ether oxygens (including phenoxy) is 1. The summed E-state index contributed by atoms with van der Waals surface area (Å²) in [6.45, 7) is 9.80. The first-order valence-electron chi connectivity index (χ1n) is 6.22. The van der Waals surface area contributed by atoms with Crippen LogP contribution in [0.3, 0.4) is 0 Å². The average molecular weight is 303 g/mol. The summed E-state index contributed by atoms with van der Waals surface area (Å²) in [6.07, 6.45) is 0. The summed E-state index contributed by atoms with van der Waals surface area (Å²) < 4.78 is 6.04. The Morgan fingerprint density at radius 2 is 2.00 bits per heavy atom. The second-order valence-corrected chi connectivity index (χ2v) is 7.15. The van der Waals surface area contributed by atoms with E-state index in [2.05, 4.69) is 37.6 Å². The van der Waals surface area contributed by atoms with E-state index in [1.165, 1.54) is 11.3 Å². The summed E-state index contributed by atoms with van der Waals surface area (Å²) in [5, 5.41) is 2.63. The highest BCUT2D eigenvalue weighted by atomic mass is 35.5. The van der Waals surface area contributed by atoms with Gasteiger partial charge >= 0.3 is 0 Å². The summed E-state index contributed by atoms with van der Waals surface area (Å²) in [5.74, 6) is -0.153. The summed E-state index contributed by atoms with van der Waals surface area (Å²) in [5.41, 5.74) is -0.00848. The SMILES string of the molecule is CC1(C)CN(c2nc(C(=O)CCl)cs2)CC(C)(C)O1. The Kier molecular flexibility index (Phi) is 3.91. The molecule has 1 aromatic heterocycles. The van der Waals surface area contributed by atoms with Crippen molar-refractivity contribution >= 4 is 33.9 Å². The number of aromatic nitrogens is 1. The third-order valence-corrected chi connectivity index (χ3v) is 4.01. The molecule has 6 heteroatoms. The van der Waals surface area contributed by atoms with Crippen LogP contribution in [0.15, 0.2) is 5.38 Å². The van der Waals surface area contributed by atoms with Gasteiger partial charge in [-0.1, -0.05) is 0 Å². The Morgan fingerprint density at radius 3 is 2.53 bits per heavy atom. The number of carbonyl (C=O) groups is 1. The Balaban J connectivity index is 2.21. The number of morpholine rings is 1. The van der Waals surface area contributed by atoms with E-state index in [9.17, 15) is 4.79 Å². The Bertz CT molecular complexity index is 469. The molecule has 0 radical (unpaired) electrons. The number of hydrogen-bond donors (Lipinski definition) is 0. The molecule has 1 aliphatic rings. The van der Waals surface area contributed by atoms with E-state index >= 15 is 0 Å². The molecule has 0 aliphatic carbocycles. The number of anilines is 1. The molecule has 2 rings (SSSR count). The third kappa shape index (κ3) is 3.46. The summed E-state index contributed by atoms with van der Waals surface area (Å²) in [6, 6.07) is 0. The number of hydrogen-bond acceptors (Lipinski definition) is 5. The normalized spacial score (nSPS) is 21.4. The van der Waals surface area contributed by atoms with E-state index in [-0.39, 0.29) is 22.9 Å². The summed E-state index contributed by atoms with van der Waals surface area (Å²) >= 11 is 7.03. The van der Waals surface area contributed by atoms with Gasteiger partial charge in [0.25, 0.3) is 0 Å². The monoisotopic (exact) mass is 302 g/mol. The Labute approximate surface area is 122 Å². The lowest BCUT2D eigenvalue weighted by atomic mass is 9.99. The highest BCUT2D eigenvalue weighted by molar-refractivity contribution is 7.14. The zero-order chi connectivity index (χ0) is 14.3. The van der Waals surface area contributed by atoms with E-state index < -0.39 is 0 Å². The van der Waals surface area contributed by atoms with E-state index in [1.54, 1.807) is 5.38 Å².